The molecule has 0 amide bonds. The lowest BCUT2D eigenvalue weighted by atomic mass is 10.1. The van der Waals surface area contributed by atoms with Crippen LogP contribution in [0, 0.1) is 0 Å². The monoisotopic (exact) mass is 281 g/mol. The molecule has 5 nitrogen and oxygen atoms in total. The largest absolute Gasteiger partial charge is 0.435 e. The maximum atomic E-state index is 12.2. The van der Waals surface area contributed by atoms with Gasteiger partial charge in [-0.3, -0.25) is 4.79 Å². The normalized spacial score (nSPS) is 10.8. The summed E-state index contributed by atoms with van der Waals surface area (Å²) in [5, 5.41) is 7.54. The van der Waals surface area contributed by atoms with Gasteiger partial charge in [-0.2, -0.15) is 8.78 Å². The van der Waals surface area contributed by atoms with Crippen molar-refractivity contribution in [3.05, 3.63) is 41.7 Å². The number of hydrogen-bond acceptors (Lipinski definition) is 4. The number of hydrogen-bond donors (Lipinski definition) is 0. The Bertz CT molecular complexity index is 582. The van der Waals surface area contributed by atoms with Gasteiger partial charge in [0, 0.05) is 12.1 Å². The van der Waals surface area contributed by atoms with Crippen molar-refractivity contribution in [2.75, 3.05) is 0 Å². The van der Waals surface area contributed by atoms with E-state index >= 15 is 0 Å². The van der Waals surface area contributed by atoms with Gasteiger partial charge in [-0.05, 0) is 30.7 Å². The number of aryl methyl sites for hydroxylation is 1. The number of alkyl halides is 2. The third kappa shape index (κ3) is 3.17. The number of nitrogens with zero attached hydrogens (tertiary/aromatic N) is 3. The Morgan fingerprint density at radius 2 is 2.05 bits per heavy atom. The SMILES string of the molecule is CCCn1nncc1C(=O)c1ccc(OC(F)F)cc1. The lowest BCUT2D eigenvalue weighted by Gasteiger charge is -2.06. The lowest BCUT2D eigenvalue weighted by Crippen LogP contribution is -2.11. The lowest BCUT2D eigenvalue weighted by molar-refractivity contribution is -0.0498. The van der Waals surface area contributed by atoms with Crippen LogP contribution in [-0.4, -0.2) is 27.4 Å². The van der Waals surface area contributed by atoms with Gasteiger partial charge in [0.05, 0.1) is 6.20 Å². The molecule has 0 aliphatic heterocycles. The molecule has 0 atom stereocenters. The van der Waals surface area contributed by atoms with E-state index in [9.17, 15) is 13.6 Å². The minimum atomic E-state index is -2.88. The van der Waals surface area contributed by atoms with E-state index in [4.69, 9.17) is 0 Å². The fraction of sp³-hybridized carbons (Fsp3) is 0.308. The number of rotatable bonds is 6. The molecule has 1 aromatic carbocycles. The first-order valence-electron chi connectivity index (χ1n) is 6.10. The highest BCUT2D eigenvalue weighted by Gasteiger charge is 2.15. The van der Waals surface area contributed by atoms with Crippen LogP contribution in [0.15, 0.2) is 30.5 Å². The predicted octanol–water partition coefficient (Wildman–Crippen LogP) is 2.52. The van der Waals surface area contributed by atoms with Gasteiger partial charge in [-0.25, -0.2) is 4.68 Å². The third-order valence-electron chi connectivity index (χ3n) is 2.63. The minimum absolute atomic E-state index is 0.0109. The number of ketones is 1. The Hall–Kier alpha value is -2.31. The first kappa shape index (κ1) is 14.1. The van der Waals surface area contributed by atoms with Crippen LogP contribution in [0.25, 0.3) is 0 Å². The molecular weight excluding hydrogens is 268 g/mol. The summed E-state index contributed by atoms with van der Waals surface area (Å²) in [5.74, 6) is -0.246. The van der Waals surface area contributed by atoms with Crippen molar-refractivity contribution in [1.82, 2.24) is 15.0 Å². The fourth-order valence-corrected chi connectivity index (χ4v) is 1.75. The average Bonchev–Trinajstić information content (AvgIpc) is 2.87. The number of ether oxygens (including phenoxy) is 1. The Morgan fingerprint density at radius 3 is 2.65 bits per heavy atom. The van der Waals surface area contributed by atoms with E-state index in [0.29, 0.717) is 17.8 Å². The predicted molar refractivity (Wildman–Crippen MR) is 66.8 cm³/mol. The zero-order valence-electron chi connectivity index (χ0n) is 10.8. The van der Waals surface area contributed by atoms with Crippen molar-refractivity contribution < 1.29 is 18.3 Å². The standard InChI is InChI=1S/C13H13F2N3O2/c1-2-7-18-11(8-16-17-18)12(19)9-3-5-10(6-4-9)20-13(14)15/h3-6,8,13H,2,7H2,1H3. The maximum Gasteiger partial charge on any atom is 0.387 e. The Morgan fingerprint density at radius 1 is 1.35 bits per heavy atom. The van der Waals surface area contributed by atoms with Gasteiger partial charge in [-0.1, -0.05) is 12.1 Å². The van der Waals surface area contributed by atoms with Crippen molar-refractivity contribution in [3.63, 3.8) is 0 Å². The molecular formula is C13H13F2N3O2. The third-order valence-corrected chi connectivity index (χ3v) is 2.63. The van der Waals surface area contributed by atoms with Crippen LogP contribution in [0.2, 0.25) is 0 Å². The second-order valence-corrected chi connectivity index (χ2v) is 4.07. The van der Waals surface area contributed by atoms with E-state index in [0.717, 1.165) is 6.42 Å². The fourth-order valence-electron chi connectivity index (χ4n) is 1.75. The molecule has 2 aromatic rings. The highest BCUT2D eigenvalue weighted by Crippen LogP contribution is 2.17. The van der Waals surface area contributed by atoms with Gasteiger partial charge in [0.15, 0.2) is 0 Å². The Kier molecular flexibility index (Phi) is 4.39. The van der Waals surface area contributed by atoms with Gasteiger partial charge < -0.3 is 4.74 Å². The summed E-state index contributed by atoms with van der Waals surface area (Å²) in [7, 11) is 0. The van der Waals surface area contributed by atoms with Crippen LogP contribution >= 0.6 is 0 Å². The number of carbonyl (C=O) groups excluding carboxylic acids is 1. The maximum absolute atomic E-state index is 12.2. The quantitative estimate of drug-likeness (QED) is 0.763. The number of halogens is 2. The van der Waals surface area contributed by atoms with E-state index in [1.165, 1.54) is 35.1 Å². The summed E-state index contributed by atoms with van der Waals surface area (Å²) in [6.07, 6.45) is 2.21. The molecule has 7 heteroatoms. The van der Waals surface area contributed by atoms with Crippen LogP contribution in [0.3, 0.4) is 0 Å². The Labute approximate surface area is 114 Å². The summed E-state index contributed by atoms with van der Waals surface area (Å²) in [6.45, 7) is -0.327. The molecule has 106 valence electrons. The highest BCUT2D eigenvalue weighted by atomic mass is 19.3. The van der Waals surface area contributed by atoms with Crippen LogP contribution in [-0.2, 0) is 6.54 Å². The number of carbonyl (C=O) groups is 1. The van der Waals surface area contributed by atoms with Crippen LogP contribution < -0.4 is 4.74 Å². The molecule has 20 heavy (non-hydrogen) atoms. The van der Waals surface area contributed by atoms with Gasteiger partial charge in [-0.15, -0.1) is 5.10 Å². The van der Waals surface area contributed by atoms with E-state index in [1.54, 1.807) is 0 Å². The first-order valence-corrected chi connectivity index (χ1v) is 6.10. The molecule has 0 spiro atoms. The molecule has 0 N–H and O–H groups in total. The van der Waals surface area contributed by atoms with E-state index < -0.39 is 6.61 Å². The molecule has 0 unspecified atom stereocenters. The molecule has 0 radical (unpaired) electrons. The Balaban J connectivity index is 2.18. The molecule has 0 fully saturated rings. The number of benzene rings is 1. The average molecular weight is 281 g/mol. The van der Waals surface area contributed by atoms with Gasteiger partial charge in [0.2, 0.25) is 5.78 Å². The topological polar surface area (TPSA) is 57.0 Å². The number of aromatic nitrogens is 3. The molecule has 2 rings (SSSR count). The van der Waals surface area contributed by atoms with E-state index in [2.05, 4.69) is 15.0 Å². The van der Waals surface area contributed by atoms with Gasteiger partial charge in [0.25, 0.3) is 0 Å². The molecule has 1 heterocycles. The van der Waals surface area contributed by atoms with Crippen molar-refractivity contribution >= 4 is 5.78 Å². The molecule has 0 saturated carbocycles. The summed E-state index contributed by atoms with van der Waals surface area (Å²) < 4.78 is 29.8. The molecule has 0 bridgehead atoms. The molecule has 0 saturated heterocycles. The van der Waals surface area contributed by atoms with E-state index in [-0.39, 0.29) is 11.5 Å². The zero-order valence-corrected chi connectivity index (χ0v) is 10.8. The second kappa shape index (κ2) is 6.23. The smallest absolute Gasteiger partial charge is 0.387 e. The molecule has 1 aromatic heterocycles. The molecule has 0 aliphatic rings. The van der Waals surface area contributed by atoms with Crippen molar-refractivity contribution in [2.24, 2.45) is 0 Å². The van der Waals surface area contributed by atoms with Gasteiger partial charge >= 0.3 is 6.61 Å². The zero-order chi connectivity index (χ0) is 14.5. The summed E-state index contributed by atoms with van der Waals surface area (Å²) >= 11 is 0. The van der Waals surface area contributed by atoms with Gasteiger partial charge in [0.1, 0.15) is 11.4 Å². The van der Waals surface area contributed by atoms with Crippen LogP contribution in [0.5, 0.6) is 5.75 Å². The van der Waals surface area contributed by atoms with E-state index in [1.807, 2.05) is 6.92 Å². The van der Waals surface area contributed by atoms with Crippen molar-refractivity contribution in [3.8, 4) is 5.75 Å². The van der Waals surface area contributed by atoms with Crippen molar-refractivity contribution in [2.45, 2.75) is 26.5 Å². The first-order chi connectivity index (χ1) is 9.61. The second-order valence-electron chi connectivity index (χ2n) is 4.07. The molecule has 0 aliphatic carbocycles. The minimum Gasteiger partial charge on any atom is -0.435 e. The van der Waals surface area contributed by atoms with Crippen LogP contribution in [0.1, 0.15) is 29.4 Å². The summed E-state index contributed by atoms with van der Waals surface area (Å²) in [6, 6.07) is 5.52. The summed E-state index contributed by atoms with van der Waals surface area (Å²) in [4.78, 5) is 12.2. The summed E-state index contributed by atoms with van der Waals surface area (Å²) in [5.41, 5.74) is 0.737. The van der Waals surface area contributed by atoms with Crippen LogP contribution in [0.4, 0.5) is 8.78 Å². The van der Waals surface area contributed by atoms with Crippen molar-refractivity contribution in [1.29, 1.82) is 0 Å². The highest BCUT2D eigenvalue weighted by molar-refractivity contribution is 6.07.